The van der Waals surface area contributed by atoms with Crippen molar-refractivity contribution in [1.82, 2.24) is 0 Å². The Morgan fingerprint density at radius 3 is 2.00 bits per heavy atom. The van der Waals surface area contributed by atoms with E-state index in [9.17, 15) is 0 Å². The molecule has 0 aromatic heterocycles. The van der Waals surface area contributed by atoms with Gasteiger partial charge in [-0.1, -0.05) is 24.5 Å². The van der Waals surface area contributed by atoms with Crippen LogP contribution in [0.5, 0.6) is 0 Å². The van der Waals surface area contributed by atoms with Gasteiger partial charge in [-0.05, 0) is 46.6 Å². The molecule has 0 N–H and O–H groups in total. The summed E-state index contributed by atoms with van der Waals surface area (Å²) in [5.41, 5.74) is 1.46. The van der Waals surface area contributed by atoms with E-state index in [1.165, 1.54) is 10.7 Å². The molecule has 0 aliphatic rings. The Balaban J connectivity index is 5.14. The van der Waals surface area contributed by atoms with Crippen LogP contribution in [0.1, 0.15) is 41.0 Å². The van der Waals surface area contributed by atoms with Gasteiger partial charge in [-0.25, -0.2) is 0 Å². The summed E-state index contributed by atoms with van der Waals surface area (Å²) in [6, 6.07) is 0. The predicted molar refractivity (Wildman–Crippen MR) is 80.0 cm³/mol. The summed E-state index contributed by atoms with van der Waals surface area (Å²) in [5, 5.41) is 1.46. The summed E-state index contributed by atoms with van der Waals surface area (Å²) in [7, 11) is -1.70. The lowest BCUT2D eigenvalue weighted by Gasteiger charge is -2.28. The van der Waals surface area contributed by atoms with Crippen LogP contribution in [0, 0.1) is 0 Å². The van der Waals surface area contributed by atoms with E-state index in [-0.39, 0.29) is 6.92 Å². The normalized spacial score (nSPS) is 13.6. The van der Waals surface area contributed by atoms with E-state index in [2.05, 4.69) is 47.7 Å². The van der Waals surface area contributed by atoms with Gasteiger partial charge in [0.15, 0.2) is 0 Å². The quantitative estimate of drug-likeness (QED) is 0.609. The second kappa shape index (κ2) is 8.12. The van der Waals surface area contributed by atoms with Crippen LogP contribution in [0.4, 0.5) is 0 Å². The van der Waals surface area contributed by atoms with E-state index in [0.29, 0.717) is 0 Å². The second-order valence-corrected chi connectivity index (χ2v) is 8.86. The second-order valence-electron chi connectivity index (χ2n) is 4.80. The molecule has 0 bridgehead atoms. The molecule has 0 atom stereocenters. The lowest BCUT2D eigenvalue weighted by Crippen LogP contribution is -2.36. The Hall–Kier alpha value is -0.0582. The number of hydrogen-bond donors (Lipinski definition) is 0. The topological polar surface area (TPSA) is 18.5 Å². The van der Waals surface area contributed by atoms with Crippen LogP contribution >= 0.6 is 0 Å². The maximum absolute atomic E-state index is 5.97. The SMILES string of the molecule is CCOB(CC)/C(CC)=C(/C)[Si](C)(C)OCC. The first-order valence-corrected chi connectivity index (χ1v) is 9.80. The molecule has 0 aromatic carbocycles. The number of hydrogen-bond acceptors (Lipinski definition) is 2. The summed E-state index contributed by atoms with van der Waals surface area (Å²) in [5.74, 6) is 0. The van der Waals surface area contributed by atoms with Crippen molar-refractivity contribution in [2.75, 3.05) is 13.2 Å². The number of rotatable bonds is 8. The van der Waals surface area contributed by atoms with Crippen LogP contribution in [-0.4, -0.2) is 28.4 Å². The minimum Gasteiger partial charge on any atom is -0.431 e. The highest BCUT2D eigenvalue weighted by atomic mass is 28.4. The molecule has 0 saturated heterocycles. The highest BCUT2D eigenvalue weighted by molar-refractivity contribution is 6.80. The van der Waals surface area contributed by atoms with Crippen LogP contribution in [0.2, 0.25) is 19.4 Å². The molecule has 100 valence electrons. The third-order valence-electron chi connectivity index (χ3n) is 3.40. The Labute approximate surface area is 109 Å². The minimum absolute atomic E-state index is 0.275. The van der Waals surface area contributed by atoms with Crippen molar-refractivity contribution in [2.45, 2.75) is 60.5 Å². The van der Waals surface area contributed by atoms with E-state index in [1.807, 2.05) is 0 Å². The highest BCUT2D eigenvalue weighted by Crippen LogP contribution is 2.24. The molecule has 0 fully saturated rings. The fourth-order valence-corrected chi connectivity index (χ4v) is 4.31. The molecule has 0 heterocycles. The van der Waals surface area contributed by atoms with Crippen molar-refractivity contribution < 1.29 is 9.08 Å². The molecule has 0 aromatic rings. The van der Waals surface area contributed by atoms with Crippen molar-refractivity contribution >= 4 is 15.2 Å². The maximum atomic E-state index is 5.97. The first kappa shape index (κ1) is 16.9. The molecular formula is C13H29BO2Si. The van der Waals surface area contributed by atoms with Gasteiger partial charge in [0.05, 0.1) is 0 Å². The largest absolute Gasteiger partial charge is 0.431 e. The van der Waals surface area contributed by atoms with Crippen molar-refractivity contribution in [3.8, 4) is 0 Å². The van der Waals surface area contributed by atoms with Crippen LogP contribution in [-0.2, 0) is 9.08 Å². The van der Waals surface area contributed by atoms with Crippen LogP contribution in [0.3, 0.4) is 0 Å². The van der Waals surface area contributed by atoms with E-state index in [1.54, 1.807) is 0 Å². The molecule has 0 saturated carbocycles. The molecule has 0 spiro atoms. The van der Waals surface area contributed by atoms with Crippen LogP contribution < -0.4 is 0 Å². The highest BCUT2D eigenvalue weighted by Gasteiger charge is 2.30. The monoisotopic (exact) mass is 256 g/mol. The molecule has 0 rings (SSSR count). The van der Waals surface area contributed by atoms with Gasteiger partial charge in [-0.15, -0.1) is 0 Å². The zero-order chi connectivity index (χ0) is 13.5. The van der Waals surface area contributed by atoms with Gasteiger partial charge < -0.3 is 9.08 Å². The van der Waals surface area contributed by atoms with Gasteiger partial charge >= 0.3 is 6.92 Å². The zero-order valence-electron chi connectivity index (χ0n) is 12.7. The molecule has 0 radical (unpaired) electrons. The summed E-state index contributed by atoms with van der Waals surface area (Å²) >= 11 is 0. The van der Waals surface area contributed by atoms with E-state index >= 15 is 0 Å². The van der Waals surface area contributed by atoms with Crippen LogP contribution in [0.25, 0.3) is 0 Å². The molecule has 4 heteroatoms. The standard InChI is InChI=1S/C13H29BO2Si/c1-8-13(14(9-2)15-10-3)12(5)17(6,7)16-11-4/h8-11H2,1-7H3/b13-12-. The third-order valence-corrected chi connectivity index (χ3v) is 6.54. The average Bonchev–Trinajstić information content (AvgIpc) is 2.28. The van der Waals surface area contributed by atoms with Gasteiger partial charge in [-0.2, -0.15) is 0 Å². The Kier molecular flexibility index (Phi) is 8.09. The summed E-state index contributed by atoms with van der Waals surface area (Å²) in [4.78, 5) is 0. The Morgan fingerprint density at radius 1 is 1.06 bits per heavy atom. The van der Waals surface area contributed by atoms with Gasteiger partial charge in [-0.3, -0.25) is 0 Å². The van der Waals surface area contributed by atoms with Gasteiger partial charge in [0, 0.05) is 13.2 Å². The van der Waals surface area contributed by atoms with Gasteiger partial charge in [0.1, 0.15) is 0 Å². The fourth-order valence-electron chi connectivity index (χ4n) is 2.26. The average molecular weight is 256 g/mol. The van der Waals surface area contributed by atoms with Gasteiger partial charge in [0.2, 0.25) is 8.32 Å². The molecule has 2 nitrogen and oxygen atoms in total. The van der Waals surface area contributed by atoms with Crippen molar-refractivity contribution in [1.29, 1.82) is 0 Å². The zero-order valence-corrected chi connectivity index (χ0v) is 13.7. The Bertz CT molecular complexity index is 252. The molecule has 0 amide bonds. The van der Waals surface area contributed by atoms with Crippen molar-refractivity contribution in [3.63, 3.8) is 0 Å². The fraction of sp³-hybridized carbons (Fsp3) is 0.846. The molecule has 0 aliphatic heterocycles. The first-order chi connectivity index (χ1) is 7.94. The molecule has 0 unspecified atom stereocenters. The molecular weight excluding hydrogens is 227 g/mol. The van der Waals surface area contributed by atoms with E-state index < -0.39 is 8.32 Å². The molecule has 17 heavy (non-hydrogen) atoms. The lowest BCUT2D eigenvalue weighted by molar-refractivity contribution is 0.334. The Morgan fingerprint density at radius 2 is 1.65 bits per heavy atom. The minimum atomic E-state index is -1.70. The van der Waals surface area contributed by atoms with E-state index in [0.717, 1.165) is 26.0 Å². The van der Waals surface area contributed by atoms with Crippen molar-refractivity contribution in [2.24, 2.45) is 0 Å². The summed E-state index contributed by atoms with van der Waals surface area (Å²) in [6.07, 6.45) is 2.11. The third kappa shape index (κ3) is 4.98. The summed E-state index contributed by atoms with van der Waals surface area (Å²) < 4.78 is 11.8. The maximum Gasteiger partial charge on any atom is 0.321 e. The smallest absolute Gasteiger partial charge is 0.321 e. The van der Waals surface area contributed by atoms with E-state index in [4.69, 9.17) is 9.08 Å². The lowest BCUT2D eigenvalue weighted by atomic mass is 9.57. The first-order valence-electron chi connectivity index (χ1n) is 6.90. The predicted octanol–water partition coefficient (Wildman–Crippen LogP) is 4.08. The van der Waals surface area contributed by atoms with Gasteiger partial charge in [0.25, 0.3) is 0 Å². The molecule has 0 aliphatic carbocycles. The van der Waals surface area contributed by atoms with Crippen molar-refractivity contribution in [3.05, 3.63) is 10.7 Å². The van der Waals surface area contributed by atoms with Crippen LogP contribution in [0.15, 0.2) is 10.7 Å². The number of allylic oxidation sites excluding steroid dienone is 2. The summed E-state index contributed by atoms with van der Waals surface area (Å²) in [6.45, 7) is 17.2.